The molecule has 0 unspecified atom stereocenters. The third kappa shape index (κ3) is 4.55. The Bertz CT molecular complexity index is 813. The standard InChI is InChI=1S/C17H21NO6S/c1-21-13-5-6-17(16(10-13)24-4)25(19,20)18-11-12-7-14(22-2)9-15(8-12)23-3/h5-10,18H,11H2,1-4H3. The Labute approximate surface area is 147 Å². The molecule has 2 aromatic carbocycles. The van der Waals surface area contributed by atoms with Gasteiger partial charge in [0, 0.05) is 18.7 Å². The van der Waals surface area contributed by atoms with Gasteiger partial charge in [-0.25, -0.2) is 13.1 Å². The van der Waals surface area contributed by atoms with E-state index in [0.29, 0.717) is 22.8 Å². The van der Waals surface area contributed by atoms with Gasteiger partial charge in [-0.2, -0.15) is 0 Å². The van der Waals surface area contributed by atoms with E-state index in [0.717, 1.165) is 0 Å². The van der Waals surface area contributed by atoms with Gasteiger partial charge in [0.2, 0.25) is 10.0 Å². The fourth-order valence-electron chi connectivity index (χ4n) is 2.22. The van der Waals surface area contributed by atoms with Gasteiger partial charge in [-0.15, -0.1) is 0 Å². The van der Waals surface area contributed by atoms with E-state index >= 15 is 0 Å². The van der Waals surface area contributed by atoms with Crippen LogP contribution in [0.25, 0.3) is 0 Å². The van der Waals surface area contributed by atoms with E-state index in [2.05, 4.69) is 4.72 Å². The van der Waals surface area contributed by atoms with Crippen LogP contribution in [0.15, 0.2) is 41.3 Å². The molecule has 0 spiro atoms. The molecule has 0 aliphatic heterocycles. The van der Waals surface area contributed by atoms with Crippen molar-refractivity contribution in [3.63, 3.8) is 0 Å². The van der Waals surface area contributed by atoms with Crippen molar-refractivity contribution in [3.8, 4) is 23.0 Å². The summed E-state index contributed by atoms with van der Waals surface area (Å²) in [6.45, 7) is 0.0745. The first kappa shape index (κ1) is 18.9. The summed E-state index contributed by atoms with van der Waals surface area (Å²) >= 11 is 0. The quantitative estimate of drug-likeness (QED) is 0.770. The molecular formula is C17H21NO6S. The van der Waals surface area contributed by atoms with Crippen molar-refractivity contribution >= 4 is 10.0 Å². The summed E-state index contributed by atoms with van der Waals surface area (Å²) in [6, 6.07) is 9.69. The Hall–Kier alpha value is -2.45. The van der Waals surface area contributed by atoms with Crippen LogP contribution in [0.1, 0.15) is 5.56 Å². The lowest BCUT2D eigenvalue weighted by Gasteiger charge is -2.13. The van der Waals surface area contributed by atoms with Crippen molar-refractivity contribution in [1.29, 1.82) is 0 Å². The minimum atomic E-state index is -3.78. The van der Waals surface area contributed by atoms with Gasteiger partial charge in [0.05, 0.1) is 28.4 Å². The summed E-state index contributed by atoms with van der Waals surface area (Å²) in [7, 11) is 2.19. The summed E-state index contributed by atoms with van der Waals surface area (Å²) in [4.78, 5) is 0.0330. The molecule has 2 rings (SSSR count). The predicted octanol–water partition coefficient (Wildman–Crippen LogP) is 2.20. The molecule has 136 valence electrons. The number of rotatable bonds is 8. The SMILES string of the molecule is COc1cc(CNS(=O)(=O)c2ccc(OC)cc2OC)cc(OC)c1. The van der Waals surface area contributed by atoms with Gasteiger partial charge in [0.15, 0.2) is 0 Å². The van der Waals surface area contributed by atoms with Gasteiger partial charge in [0.25, 0.3) is 0 Å². The Morgan fingerprint density at radius 3 is 1.92 bits per heavy atom. The second-order valence-electron chi connectivity index (χ2n) is 5.06. The van der Waals surface area contributed by atoms with Gasteiger partial charge in [0.1, 0.15) is 27.9 Å². The molecule has 0 aromatic heterocycles. The average molecular weight is 367 g/mol. The second-order valence-corrected chi connectivity index (χ2v) is 6.80. The molecule has 0 fully saturated rings. The predicted molar refractivity (Wildman–Crippen MR) is 93.1 cm³/mol. The van der Waals surface area contributed by atoms with E-state index < -0.39 is 10.0 Å². The van der Waals surface area contributed by atoms with Crippen molar-refractivity contribution in [3.05, 3.63) is 42.0 Å². The van der Waals surface area contributed by atoms with E-state index in [1.54, 1.807) is 24.3 Å². The van der Waals surface area contributed by atoms with Gasteiger partial charge in [-0.3, -0.25) is 0 Å². The zero-order valence-corrected chi connectivity index (χ0v) is 15.3. The molecule has 0 bridgehead atoms. The third-order valence-electron chi connectivity index (χ3n) is 3.54. The summed E-state index contributed by atoms with van der Waals surface area (Å²) in [5, 5.41) is 0. The maximum Gasteiger partial charge on any atom is 0.244 e. The first-order valence-corrected chi connectivity index (χ1v) is 8.85. The van der Waals surface area contributed by atoms with E-state index in [9.17, 15) is 8.42 Å². The lowest BCUT2D eigenvalue weighted by atomic mass is 10.2. The minimum Gasteiger partial charge on any atom is -0.497 e. The van der Waals surface area contributed by atoms with Crippen molar-refractivity contribution in [1.82, 2.24) is 4.72 Å². The molecule has 0 atom stereocenters. The van der Waals surface area contributed by atoms with E-state index in [1.807, 2.05) is 0 Å². The molecule has 0 aliphatic carbocycles. The van der Waals surface area contributed by atoms with Crippen molar-refractivity contribution in [2.45, 2.75) is 11.4 Å². The fraction of sp³-hybridized carbons (Fsp3) is 0.294. The normalized spacial score (nSPS) is 11.0. The number of benzene rings is 2. The van der Waals surface area contributed by atoms with E-state index in [-0.39, 0.29) is 17.2 Å². The zero-order chi connectivity index (χ0) is 18.4. The highest BCUT2D eigenvalue weighted by Crippen LogP contribution is 2.28. The number of sulfonamides is 1. The minimum absolute atomic E-state index is 0.0330. The Kier molecular flexibility index (Phi) is 6.11. The van der Waals surface area contributed by atoms with Crippen LogP contribution in [0.2, 0.25) is 0 Å². The molecule has 8 heteroatoms. The van der Waals surface area contributed by atoms with Gasteiger partial charge in [-0.1, -0.05) is 0 Å². The largest absolute Gasteiger partial charge is 0.497 e. The summed E-state index contributed by atoms with van der Waals surface area (Å²) < 4.78 is 48.4. The fourth-order valence-corrected chi connectivity index (χ4v) is 3.39. The van der Waals surface area contributed by atoms with Crippen LogP contribution in [0.3, 0.4) is 0 Å². The highest BCUT2D eigenvalue weighted by atomic mass is 32.2. The Morgan fingerprint density at radius 1 is 0.800 bits per heavy atom. The number of methoxy groups -OCH3 is 4. The van der Waals surface area contributed by atoms with Crippen LogP contribution in [-0.2, 0) is 16.6 Å². The molecule has 25 heavy (non-hydrogen) atoms. The molecule has 7 nitrogen and oxygen atoms in total. The van der Waals surface area contributed by atoms with Gasteiger partial charge < -0.3 is 18.9 Å². The molecule has 2 aromatic rings. The first-order valence-electron chi connectivity index (χ1n) is 7.37. The van der Waals surface area contributed by atoms with Crippen molar-refractivity contribution < 1.29 is 27.4 Å². The van der Waals surface area contributed by atoms with Crippen LogP contribution >= 0.6 is 0 Å². The summed E-state index contributed by atoms with van der Waals surface area (Å²) in [6.07, 6.45) is 0. The number of hydrogen-bond acceptors (Lipinski definition) is 6. The highest BCUT2D eigenvalue weighted by Gasteiger charge is 2.20. The summed E-state index contributed by atoms with van der Waals surface area (Å²) in [5.74, 6) is 1.87. The number of ether oxygens (including phenoxy) is 4. The first-order chi connectivity index (χ1) is 11.9. The van der Waals surface area contributed by atoms with Crippen molar-refractivity contribution in [2.24, 2.45) is 0 Å². The third-order valence-corrected chi connectivity index (χ3v) is 4.98. The molecule has 0 amide bonds. The van der Waals surface area contributed by atoms with Crippen LogP contribution in [0, 0.1) is 0 Å². The van der Waals surface area contributed by atoms with Gasteiger partial charge in [-0.05, 0) is 29.8 Å². The molecule has 0 saturated carbocycles. The summed E-state index contributed by atoms with van der Waals surface area (Å²) in [5.41, 5.74) is 0.701. The number of nitrogens with one attached hydrogen (secondary N) is 1. The van der Waals surface area contributed by atoms with Crippen LogP contribution in [0.5, 0.6) is 23.0 Å². The van der Waals surface area contributed by atoms with Crippen molar-refractivity contribution in [2.75, 3.05) is 28.4 Å². The lowest BCUT2D eigenvalue weighted by molar-refractivity contribution is 0.386. The van der Waals surface area contributed by atoms with E-state index in [1.165, 1.54) is 40.6 Å². The Balaban J connectivity index is 2.25. The monoisotopic (exact) mass is 367 g/mol. The Morgan fingerprint density at radius 2 is 1.40 bits per heavy atom. The average Bonchev–Trinajstić information content (AvgIpc) is 2.65. The molecule has 0 radical (unpaired) electrons. The molecule has 0 aliphatic rings. The molecule has 0 heterocycles. The zero-order valence-electron chi connectivity index (χ0n) is 14.5. The molecule has 1 N–H and O–H groups in total. The van der Waals surface area contributed by atoms with Crippen LogP contribution in [0.4, 0.5) is 0 Å². The van der Waals surface area contributed by atoms with Crippen LogP contribution < -0.4 is 23.7 Å². The van der Waals surface area contributed by atoms with E-state index in [4.69, 9.17) is 18.9 Å². The second kappa shape index (κ2) is 8.09. The molecular weight excluding hydrogens is 346 g/mol. The number of hydrogen-bond donors (Lipinski definition) is 1. The topological polar surface area (TPSA) is 83.1 Å². The smallest absolute Gasteiger partial charge is 0.244 e. The maximum absolute atomic E-state index is 12.6. The molecule has 0 saturated heterocycles. The van der Waals surface area contributed by atoms with Gasteiger partial charge >= 0.3 is 0 Å². The highest BCUT2D eigenvalue weighted by molar-refractivity contribution is 7.89. The van der Waals surface area contributed by atoms with Crippen LogP contribution in [-0.4, -0.2) is 36.9 Å². The maximum atomic E-state index is 12.6. The lowest BCUT2D eigenvalue weighted by Crippen LogP contribution is -2.23.